The molecule has 91 valence electrons. The van der Waals surface area contributed by atoms with Gasteiger partial charge in [0, 0.05) is 0 Å². The second-order valence-electron chi connectivity index (χ2n) is 3.85. The van der Waals surface area contributed by atoms with Crippen LogP contribution in [0.25, 0.3) is 0 Å². The van der Waals surface area contributed by atoms with E-state index in [2.05, 4.69) is 0 Å². The maximum Gasteiger partial charge on any atom is 0.159 e. The molecule has 0 amide bonds. The van der Waals surface area contributed by atoms with Gasteiger partial charge in [0.1, 0.15) is 5.30 Å². The molecule has 0 saturated heterocycles. The first-order valence-electron chi connectivity index (χ1n) is 5.65. The predicted molar refractivity (Wildman–Crippen MR) is 78.4 cm³/mol. The molecule has 0 heterocycles. The number of para-hydroxylation sites is 1. The Labute approximate surface area is 110 Å². The minimum Gasteiger partial charge on any atom is -0.493 e. The fraction of sp³-hybridized carbons (Fsp3) is 0.143. The average Bonchev–Trinajstić information content (AvgIpc) is 2.47. The molecule has 0 aliphatic rings. The predicted octanol–water partition coefficient (Wildman–Crippen LogP) is 2.31. The summed E-state index contributed by atoms with van der Waals surface area (Å²) in [6.45, 7) is 0. The second-order valence-corrected chi connectivity index (χ2v) is 6.53. The molecule has 2 rings (SSSR count). The van der Waals surface area contributed by atoms with Crippen LogP contribution in [0.5, 0.6) is 5.75 Å². The third-order valence-electron chi connectivity index (χ3n) is 2.87. The third kappa shape index (κ3) is 2.29. The van der Waals surface area contributed by atoms with Gasteiger partial charge >= 0.3 is 0 Å². The van der Waals surface area contributed by atoms with Crippen molar-refractivity contribution in [1.29, 1.82) is 0 Å². The van der Waals surface area contributed by atoms with E-state index >= 15 is 0 Å². The molecular weight excluding hydrogens is 242 g/mol. The number of ether oxygens (including phenoxy) is 1. The summed E-state index contributed by atoms with van der Waals surface area (Å²) in [5.74, 6) is 0.763. The van der Waals surface area contributed by atoms with Gasteiger partial charge in [-0.1, -0.05) is 37.7 Å². The van der Waals surface area contributed by atoms with E-state index in [0.717, 1.165) is 16.4 Å². The number of methoxy groups -OCH3 is 1. The Morgan fingerprint density at radius 1 is 0.889 bits per heavy atom. The minimum absolute atomic E-state index is 0.763. The zero-order valence-electron chi connectivity index (χ0n) is 10.5. The summed E-state index contributed by atoms with van der Waals surface area (Å²) in [7, 11) is 7.48. The summed E-state index contributed by atoms with van der Waals surface area (Å²) in [6, 6.07) is 17.6. The van der Waals surface area contributed by atoms with Gasteiger partial charge in [-0.05, 0) is 24.3 Å². The topological polar surface area (TPSA) is 18.5 Å². The molecule has 0 aliphatic carbocycles. The Balaban J connectivity index is 2.57. The van der Waals surface area contributed by atoms with E-state index in [1.165, 1.54) is 0 Å². The van der Waals surface area contributed by atoms with Crippen molar-refractivity contribution < 1.29 is 9.26 Å². The number of benzene rings is 2. The first-order chi connectivity index (χ1) is 8.72. The third-order valence-corrected chi connectivity index (χ3v) is 5.60. The van der Waals surface area contributed by atoms with Crippen LogP contribution in [0.2, 0.25) is 0 Å². The van der Waals surface area contributed by atoms with Gasteiger partial charge in [0.25, 0.3) is 0 Å². The minimum atomic E-state index is -2.33. The van der Waals surface area contributed by atoms with Crippen molar-refractivity contribution in [3.05, 3.63) is 54.6 Å². The lowest BCUT2D eigenvalue weighted by atomic mass is 10.3. The van der Waals surface area contributed by atoms with Crippen LogP contribution in [-0.2, 0) is 4.52 Å². The average molecular weight is 257 g/mol. The highest BCUT2D eigenvalue weighted by Crippen LogP contribution is 2.53. The van der Waals surface area contributed by atoms with Crippen LogP contribution in [0.3, 0.4) is 0 Å². The fourth-order valence-electron chi connectivity index (χ4n) is 1.90. The van der Waals surface area contributed by atoms with Gasteiger partial charge in [0.15, 0.2) is 5.75 Å². The van der Waals surface area contributed by atoms with E-state index in [1.807, 2.05) is 54.6 Å². The van der Waals surface area contributed by atoms with Gasteiger partial charge in [-0.2, -0.15) is 0 Å². The summed E-state index contributed by atoms with van der Waals surface area (Å²) < 4.78 is 11.0. The van der Waals surface area contributed by atoms with Crippen LogP contribution in [-0.4, -0.2) is 21.8 Å². The Bertz CT molecular complexity index is 518. The largest absolute Gasteiger partial charge is 0.493 e. The van der Waals surface area contributed by atoms with E-state index < -0.39 is 7.37 Å². The van der Waals surface area contributed by atoms with Gasteiger partial charge in [-0.15, -0.1) is 0 Å². The van der Waals surface area contributed by atoms with Crippen molar-refractivity contribution in [3.8, 4) is 5.75 Å². The van der Waals surface area contributed by atoms with Crippen LogP contribution in [0.15, 0.2) is 54.6 Å². The lowest BCUT2D eigenvalue weighted by Crippen LogP contribution is -2.24. The molecule has 3 radical (unpaired) electrons. The number of hydrogen-bond acceptors (Lipinski definition) is 2. The molecule has 18 heavy (non-hydrogen) atoms. The van der Waals surface area contributed by atoms with Crippen LogP contribution in [0, 0.1) is 0 Å². The summed E-state index contributed by atoms with van der Waals surface area (Å²) in [4.78, 5) is 0. The standard InChI is InChI=1S/C14H15BO2P/c1-16-13-10-6-7-11-14(13)18(15,17-2)12-8-4-3-5-9-12/h3-11H,1-2H3. The first-order valence-corrected chi connectivity index (χ1v) is 7.42. The first kappa shape index (κ1) is 13.1. The molecule has 0 aliphatic heterocycles. The molecule has 0 spiro atoms. The Morgan fingerprint density at radius 3 is 2.11 bits per heavy atom. The molecule has 1 unspecified atom stereocenters. The highest BCUT2D eigenvalue weighted by atomic mass is 31.2. The highest BCUT2D eigenvalue weighted by molar-refractivity contribution is 8.05. The van der Waals surface area contributed by atoms with Crippen molar-refractivity contribution in [2.45, 2.75) is 0 Å². The molecule has 0 saturated carbocycles. The molecule has 2 aromatic carbocycles. The van der Waals surface area contributed by atoms with Crippen molar-refractivity contribution in [2.24, 2.45) is 0 Å². The molecule has 4 heteroatoms. The highest BCUT2D eigenvalue weighted by Gasteiger charge is 2.28. The van der Waals surface area contributed by atoms with Gasteiger partial charge in [0.2, 0.25) is 0 Å². The fourth-order valence-corrected chi connectivity index (χ4v) is 4.00. The molecule has 2 nitrogen and oxygen atoms in total. The van der Waals surface area contributed by atoms with Crippen LogP contribution in [0.1, 0.15) is 0 Å². The normalized spacial score (nSPS) is 13.9. The zero-order valence-corrected chi connectivity index (χ0v) is 11.4. The van der Waals surface area contributed by atoms with Gasteiger partial charge < -0.3 is 4.74 Å². The summed E-state index contributed by atoms with van der Waals surface area (Å²) in [5.41, 5.74) is 0. The van der Waals surface area contributed by atoms with Crippen molar-refractivity contribution in [1.82, 2.24) is 0 Å². The number of hydrogen-bond donors (Lipinski definition) is 0. The van der Waals surface area contributed by atoms with E-state index in [1.54, 1.807) is 14.2 Å². The van der Waals surface area contributed by atoms with Gasteiger partial charge in [-0.3, -0.25) is 4.52 Å². The quantitative estimate of drug-likeness (QED) is 0.618. The molecule has 0 N–H and O–H groups in total. The second kappa shape index (κ2) is 5.56. The Kier molecular flexibility index (Phi) is 4.06. The van der Waals surface area contributed by atoms with Crippen LogP contribution >= 0.6 is 7.37 Å². The molecule has 0 aromatic heterocycles. The lowest BCUT2D eigenvalue weighted by Gasteiger charge is -2.33. The van der Waals surface area contributed by atoms with Gasteiger partial charge in [-0.25, -0.2) is 7.57 Å². The maximum atomic E-state index is 6.53. The summed E-state index contributed by atoms with van der Waals surface area (Å²) in [5, 5.41) is 1.92. The monoisotopic (exact) mass is 257 g/mol. The van der Waals surface area contributed by atoms with Crippen LogP contribution in [0.4, 0.5) is 0 Å². The van der Waals surface area contributed by atoms with E-state index in [4.69, 9.17) is 16.8 Å². The van der Waals surface area contributed by atoms with Crippen molar-refractivity contribution in [2.75, 3.05) is 14.2 Å². The van der Waals surface area contributed by atoms with Crippen LogP contribution < -0.4 is 15.3 Å². The van der Waals surface area contributed by atoms with Gasteiger partial charge in [0.05, 0.1) is 19.5 Å². The molecule has 0 fully saturated rings. The summed E-state index contributed by atoms with van der Waals surface area (Å²) in [6.07, 6.45) is 0. The van der Waals surface area contributed by atoms with E-state index in [0.29, 0.717) is 0 Å². The Hall–Kier alpha value is -1.31. The molecular formula is C14H15BO2P. The van der Waals surface area contributed by atoms with Crippen molar-refractivity contribution >= 4 is 25.5 Å². The van der Waals surface area contributed by atoms with E-state index in [9.17, 15) is 0 Å². The Morgan fingerprint density at radius 2 is 1.50 bits per heavy atom. The maximum absolute atomic E-state index is 6.53. The molecule has 0 bridgehead atoms. The molecule has 2 aromatic rings. The van der Waals surface area contributed by atoms with E-state index in [-0.39, 0.29) is 0 Å². The SMILES string of the molecule is [B-][P+](OC)(c1ccccc1)c1ccccc1OC. The summed E-state index contributed by atoms with van der Waals surface area (Å²) >= 11 is 0. The molecule has 1 atom stereocenters. The number of rotatable bonds is 4. The smallest absolute Gasteiger partial charge is 0.159 e. The zero-order chi connectivity index (χ0) is 13.0. The van der Waals surface area contributed by atoms with Crippen molar-refractivity contribution in [3.63, 3.8) is 0 Å². The lowest BCUT2D eigenvalue weighted by molar-refractivity contribution is 0.416.